The van der Waals surface area contributed by atoms with E-state index in [0.717, 1.165) is 50.4 Å². The van der Waals surface area contributed by atoms with Gasteiger partial charge in [-0.05, 0) is 29.2 Å². The van der Waals surface area contributed by atoms with Gasteiger partial charge in [0.2, 0.25) is 0 Å². The molecule has 4 unspecified atom stereocenters. The third kappa shape index (κ3) is 8.30. The molecule has 2 heterocycles. The van der Waals surface area contributed by atoms with Gasteiger partial charge in [0.05, 0.1) is 18.8 Å². The minimum atomic E-state index is -0.664. The van der Waals surface area contributed by atoms with Gasteiger partial charge in [0.15, 0.2) is 12.1 Å². The Bertz CT molecular complexity index is 1970. The maximum atomic E-state index is 12.0. The molecule has 6 aromatic rings. The highest BCUT2D eigenvalue weighted by molar-refractivity contribution is 7.99. The molecule has 0 spiro atoms. The van der Waals surface area contributed by atoms with Crippen LogP contribution in [-0.2, 0) is 22.6 Å². The fourth-order valence-corrected chi connectivity index (χ4v) is 7.33. The molecular weight excluding hydrogens is 671 g/mol. The molecule has 52 heavy (non-hydrogen) atoms. The fraction of sp³-hybridized carbons (Fsp3) is 0.209. The van der Waals surface area contributed by atoms with Crippen molar-refractivity contribution >= 4 is 17.8 Å². The van der Waals surface area contributed by atoms with Crippen LogP contribution in [0, 0.1) is 0 Å². The van der Waals surface area contributed by atoms with Crippen molar-refractivity contribution in [3.05, 3.63) is 167 Å². The number of ether oxygens (including phenoxy) is 2. The van der Waals surface area contributed by atoms with E-state index in [9.17, 15) is 9.90 Å². The summed E-state index contributed by atoms with van der Waals surface area (Å²) in [6.45, 7) is 2.81. The first-order valence-electron chi connectivity index (χ1n) is 17.5. The molecule has 264 valence electrons. The highest BCUT2D eigenvalue weighted by atomic mass is 32.2. The highest BCUT2D eigenvalue weighted by Gasteiger charge is 2.42. The lowest BCUT2D eigenvalue weighted by Crippen LogP contribution is -2.38. The van der Waals surface area contributed by atoms with E-state index in [-0.39, 0.29) is 30.8 Å². The predicted molar refractivity (Wildman–Crippen MR) is 203 cm³/mol. The number of aromatic nitrogens is 1. The molecular formula is C43H41N3O5S. The van der Waals surface area contributed by atoms with Crippen LogP contribution in [0.3, 0.4) is 0 Å². The first-order chi connectivity index (χ1) is 25.6. The van der Waals surface area contributed by atoms with Gasteiger partial charge in [-0.25, -0.2) is 9.78 Å². The Morgan fingerprint density at radius 1 is 0.712 bits per heavy atom. The molecule has 1 fully saturated rings. The summed E-state index contributed by atoms with van der Waals surface area (Å²) < 4.78 is 20.3. The van der Waals surface area contributed by atoms with Gasteiger partial charge in [0.1, 0.15) is 5.69 Å². The van der Waals surface area contributed by atoms with E-state index in [2.05, 4.69) is 22.8 Å². The summed E-state index contributed by atoms with van der Waals surface area (Å²) in [4.78, 5) is 17.0. The van der Waals surface area contributed by atoms with Crippen LogP contribution in [0.15, 0.2) is 149 Å². The van der Waals surface area contributed by atoms with E-state index < -0.39 is 6.29 Å². The maximum absolute atomic E-state index is 12.0. The maximum Gasteiger partial charge on any atom is 0.315 e. The summed E-state index contributed by atoms with van der Waals surface area (Å²) in [5, 5.41) is 16.0. The number of urea groups is 1. The summed E-state index contributed by atoms with van der Waals surface area (Å²) in [5.41, 5.74) is 7.49. The van der Waals surface area contributed by atoms with Gasteiger partial charge >= 0.3 is 6.03 Å². The minimum absolute atomic E-state index is 0.0354. The van der Waals surface area contributed by atoms with Gasteiger partial charge in [-0.3, -0.25) is 0 Å². The third-order valence-corrected chi connectivity index (χ3v) is 9.99. The Labute approximate surface area is 308 Å². The number of aliphatic hydroxyl groups excluding tert-OH is 1. The molecule has 2 amide bonds. The molecule has 1 saturated heterocycles. The number of hydrogen-bond donors (Lipinski definition) is 3. The zero-order valence-corrected chi connectivity index (χ0v) is 29.7. The summed E-state index contributed by atoms with van der Waals surface area (Å²) in [6.07, 6.45) is -1.33. The summed E-state index contributed by atoms with van der Waals surface area (Å²) in [6, 6.07) is 46.2. The van der Waals surface area contributed by atoms with Crippen LogP contribution in [0.4, 0.5) is 4.79 Å². The van der Waals surface area contributed by atoms with Crippen LogP contribution in [0.2, 0.25) is 0 Å². The van der Waals surface area contributed by atoms with Gasteiger partial charge in [-0.15, -0.1) is 0 Å². The van der Waals surface area contributed by atoms with E-state index in [1.54, 1.807) is 0 Å². The molecule has 0 radical (unpaired) electrons. The van der Waals surface area contributed by atoms with Crippen molar-refractivity contribution in [2.75, 3.05) is 12.3 Å². The van der Waals surface area contributed by atoms with Gasteiger partial charge in [-0.2, -0.15) is 0 Å². The lowest BCUT2D eigenvalue weighted by Gasteiger charge is -2.43. The van der Waals surface area contributed by atoms with E-state index in [1.165, 1.54) is 11.8 Å². The van der Waals surface area contributed by atoms with Crippen LogP contribution >= 0.6 is 11.8 Å². The number of benzene rings is 5. The largest absolute Gasteiger partial charge is 0.431 e. The smallest absolute Gasteiger partial charge is 0.315 e. The van der Waals surface area contributed by atoms with Gasteiger partial charge in [0.25, 0.3) is 5.22 Å². The molecule has 0 bridgehead atoms. The summed E-state index contributed by atoms with van der Waals surface area (Å²) >= 11 is 1.53. The molecule has 0 aliphatic carbocycles. The Morgan fingerprint density at radius 2 is 1.33 bits per heavy atom. The summed E-state index contributed by atoms with van der Waals surface area (Å²) in [7, 11) is 0. The van der Waals surface area contributed by atoms with Gasteiger partial charge < -0.3 is 29.6 Å². The van der Waals surface area contributed by atoms with Crippen LogP contribution < -0.4 is 10.6 Å². The molecule has 5 aromatic carbocycles. The molecule has 9 heteroatoms. The van der Waals surface area contributed by atoms with Crippen molar-refractivity contribution in [3.8, 4) is 22.6 Å². The normalized spacial score (nSPS) is 18.5. The first-order valence-corrected chi connectivity index (χ1v) is 18.5. The SMILES string of the molecule is CCNC(=O)NCc1ccc(C2OC(CSc3nc(-c4ccccc4)c(-c4ccccc4)o3)C(c3ccccc3)C(c3ccc(CO)cc3)O2)cc1. The van der Waals surface area contributed by atoms with Crippen molar-refractivity contribution in [1.29, 1.82) is 0 Å². The van der Waals surface area contributed by atoms with Gasteiger partial charge in [-0.1, -0.05) is 151 Å². The topological polar surface area (TPSA) is 106 Å². The first kappa shape index (κ1) is 35.2. The molecule has 3 N–H and O–H groups in total. The van der Waals surface area contributed by atoms with Crippen molar-refractivity contribution < 1.29 is 23.8 Å². The Morgan fingerprint density at radius 3 is 1.98 bits per heavy atom. The number of carbonyl (C=O) groups is 1. The van der Waals surface area contributed by atoms with Crippen molar-refractivity contribution in [2.24, 2.45) is 0 Å². The second-order valence-electron chi connectivity index (χ2n) is 12.6. The van der Waals surface area contributed by atoms with Crippen molar-refractivity contribution in [2.45, 2.75) is 49.7 Å². The second kappa shape index (κ2) is 16.9. The molecule has 0 saturated carbocycles. The zero-order chi connectivity index (χ0) is 35.7. The zero-order valence-electron chi connectivity index (χ0n) is 28.9. The highest BCUT2D eigenvalue weighted by Crippen LogP contribution is 2.48. The Kier molecular flexibility index (Phi) is 11.4. The molecule has 1 aromatic heterocycles. The monoisotopic (exact) mass is 711 g/mol. The lowest BCUT2D eigenvalue weighted by atomic mass is 9.84. The lowest BCUT2D eigenvalue weighted by molar-refractivity contribution is -0.255. The minimum Gasteiger partial charge on any atom is -0.431 e. The molecule has 1 aliphatic rings. The number of nitrogens with one attached hydrogen (secondary N) is 2. The molecule has 7 rings (SSSR count). The number of oxazole rings is 1. The van der Waals surface area contributed by atoms with E-state index in [1.807, 2.05) is 134 Å². The van der Waals surface area contributed by atoms with Crippen molar-refractivity contribution in [1.82, 2.24) is 15.6 Å². The van der Waals surface area contributed by atoms with Crippen LogP contribution in [0.1, 0.15) is 53.1 Å². The number of amides is 2. The number of rotatable bonds is 12. The van der Waals surface area contributed by atoms with Crippen molar-refractivity contribution in [3.63, 3.8) is 0 Å². The number of aliphatic hydroxyl groups is 1. The predicted octanol–water partition coefficient (Wildman–Crippen LogP) is 9.05. The number of hydrogen-bond acceptors (Lipinski definition) is 7. The standard InChI is InChI=1S/C43H41N3O5S/c1-2-44-42(48)45-26-29-18-24-35(25-19-29)41-49-36(37(31-12-6-3-7-13-31)39(50-41)34-22-20-30(27-47)21-23-34)28-52-43-46-38(32-14-8-4-9-15-32)40(51-43)33-16-10-5-11-17-33/h3-25,36-37,39,41,47H,2,26-28H2,1H3,(H2,44,45,48). The quantitative estimate of drug-likeness (QED) is 0.109. The fourth-order valence-electron chi connectivity index (χ4n) is 6.44. The third-order valence-electron chi connectivity index (χ3n) is 9.07. The van der Waals surface area contributed by atoms with E-state index >= 15 is 0 Å². The van der Waals surface area contributed by atoms with Gasteiger partial charge in [0, 0.05) is 41.5 Å². The summed E-state index contributed by atoms with van der Waals surface area (Å²) in [5.74, 6) is 1.10. The van der Waals surface area contributed by atoms with E-state index in [4.69, 9.17) is 18.9 Å². The molecule has 8 nitrogen and oxygen atoms in total. The average molecular weight is 712 g/mol. The van der Waals surface area contributed by atoms with Crippen LogP contribution in [0.25, 0.3) is 22.6 Å². The number of carbonyl (C=O) groups excluding carboxylic acids is 1. The second-order valence-corrected chi connectivity index (χ2v) is 13.5. The van der Waals surface area contributed by atoms with Crippen LogP contribution in [-0.4, -0.2) is 34.5 Å². The average Bonchev–Trinajstić information content (AvgIpc) is 3.65. The van der Waals surface area contributed by atoms with E-state index in [0.29, 0.717) is 24.1 Å². The molecule has 4 atom stereocenters. The van der Waals surface area contributed by atoms with Crippen LogP contribution in [0.5, 0.6) is 0 Å². The Balaban J connectivity index is 1.21. The molecule has 1 aliphatic heterocycles. The number of thioether (sulfide) groups is 1. The number of nitrogens with zero attached hydrogens (tertiary/aromatic N) is 1. The Hall–Kier alpha value is -5.19.